The van der Waals surface area contributed by atoms with Crippen LogP contribution in [0.15, 0.2) is 23.6 Å². The largest absolute Gasteiger partial charge is 0.497 e. The van der Waals surface area contributed by atoms with E-state index in [0.29, 0.717) is 5.69 Å². The molecule has 2 aromatic rings. The Morgan fingerprint density at radius 3 is 2.22 bits per heavy atom. The quantitative estimate of drug-likeness (QED) is 0.923. The number of nitrogens with zero attached hydrogens (tertiary/aromatic N) is 1. The van der Waals surface area contributed by atoms with E-state index in [1.54, 1.807) is 21.1 Å². The zero-order valence-corrected chi connectivity index (χ0v) is 11.3. The van der Waals surface area contributed by atoms with Gasteiger partial charge in [-0.25, -0.2) is 4.98 Å². The van der Waals surface area contributed by atoms with Gasteiger partial charge in [-0.15, -0.1) is 11.3 Å². The van der Waals surface area contributed by atoms with Gasteiger partial charge in [0.15, 0.2) is 0 Å². The molecule has 2 rings (SSSR count). The number of rotatable bonds is 4. The fourth-order valence-corrected chi connectivity index (χ4v) is 2.44. The van der Waals surface area contributed by atoms with Crippen molar-refractivity contribution in [1.82, 2.24) is 4.98 Å². The van der Waals surface area contributed by atoms with Gasteiger partial charge in [0.25, 0.3) is 0 Å². The van der Waals surface area contributed by atoms with Crippen molar-refractivity contribution in [3.63, 3.8) is 0 Å². The van der Waals surface area contributed by atoms with Crippen LogP contribution in [0.2, 0.25) is 0 Å². The van der Waals surface area contributed by atoms with Crippen LogP contribution >= 0.6 is 11.3 Å². The zero-order chi connectivity index (χ0) is 13.1. The second-order valence-corrected chi connectivity index (χ2v) is 4.71. The molecule has 0 bridgehead atoms. The first-order valence-corrected chi connectivity index (χ1v) is 6.39. The van der Waals surface area contributed by atoms with Crippen molar-refractivity contribution in [3.05, 3.63) is 29.3 Å². The van der Waals surface area contributed by atoms with Crippen LogP contribution in [0.5, 0.6) is 11.5 Å². The molecule has 18 heavy (non-hydrogen) atoms. The summed E-state index contributed by atoms with van der Waals surface area (Å²) in [6.45, 7) is 1.70. The van der Waals surface area contributed by atoms with Gasteiger partial charge in [0.1, 0.15) is 16.5 Å². The first-order valence-electron chi connectivity index (χ1n) is 5.51. The van der Waals surface area contributed by atoms with Gasteiger partial charge in [-0.3, -0.25) is 0 Å². The van der Waals surface area contributed by atoms with Crippen molar-refractivity contribution in [3.8, 4) is 22.1 Å². The average molecular weight is 265 g/mol. The molecule has 1 N–H and O–H groups in total. The Morgan fingerprint density at radius 2 is 1.78 bits per heavy atom. The number of aromatic nitrogens is 1. The van der Waals surface area contributed by atoms with Gasteiger partial charge in [0.2, 0.25) is 0 Å². The van der Waals surface area contributed by atoms with E-state index in [-0.39, 0.29) is 0 Å². The van der Waals surface area contributed by atoms with Gasteiger partial charge in [-0.1, -0.05) is 0 Å². The summed E-state index contributed by atoms with van der Waals surface area (Å²) in [5.74, 6) is 1.44. The maximum atomic E-state index is 9.48. The Bertz CT molecular complexity index is 515. The maximum absolute atomic E-state index is 9.48. The summed E-state index contributed by atoms with van der Waals surface area (Å²) in [5.41, 5.74) is 1.60. The van der Waals surface area contributed by atoms with Gasteiger partial charge < -0.3 is 14.6 Å². The number of aliphatic hydroxyl groups excluding tert-OH is 1. The lowest BCUT2D eigenvalue weighted by molar-refractivity contribution is 0.195. The van der Waals surface area contributed by atoms with Crippen LogP contribution in [0.25, 0.3) is 10.6 Å². The van der Waals surface area contributed by atoms with Crippen molar-refractivity contribution >= 4 is 11.3 Å². The molecular weight excluding hydrogens is 250 g/mol. The summed E-state index contributed by atoms with van der Waals surface area (Å²) < 4.78 is 10.4. The van der Waals surface area contributed by atoms with Crippen LogP contribution in [0.1, 0.15) is 18.7 Å². The minimum Gasteiger partial charge on any atom is -0.497 e. The van der Waals surface area contributed by atoms with Gasteiger partial charge in [0, 0.05) is 17.0 Å². The predicted octanol–water partition coefficient (Wildman–Crippen LogP) is 2.88. The molecule has 1 unspecified atom stereocenters. The number of hydrogen-bond donors (Lipinski definition) is 1. The maximum Gasteiger partial charge on any atom is 0.123 e. The standard InChI is InChI=1S/C13H15NO3S/c1-8(15)12-7-18-13(14-12)9-4-10(16-2)6-11(5-9)17-3/h4-8,15H,1-3H3. The van der Waals surface area contributed by atoms with E-state index in [4.69, 9.17) is 9.47 Å². The highest BCUT2D eigenvalue weighted by atomic mass is 32.1. The highest BCUT2D eigenvalue weighted by molar-refractivity contribution is 7.13. The third kappa shape index (κ3) is 2.63. The summed E-state index contributed by atoms with van der Waals surface area (Å²) in [5, 5.41) is 12.2. The summed E-state index contributed by atoms with van der Waals surface area (Å²) in [7, 11) is 3.23. The number of ether oxygens (including phenoxy) is 2. The van der Waals surface area contributed by atoms with Gasteiger partial charge in [-0.2, -0.15) is 0 Å². The highest BCUT2D eigenvalue weighted by Crippen LogP contribution is 2.32. The summed E-state index contributed by atoms with van der Waals surface area (Å²) >= 11 is 1.49. The Kier molecular flexibility index (Phi) is 3.84. The number of hydrogen-bond acceptors (Lipinski definition) is 5. The monoisotopic (exact) mass is 265 g/mol. The van der Waals surface area contributed by atoms with Crippen molar-refractivity contribution in [2.24, 2.45) is 0 Å². The van der Waals surface area contributed by atoms with E-state index in [1.807, 2.05) is 23.6 Å². The minimum absolute atomic E-state index is 0.553. The predicted molar refractivity (Wildman–Crippen MR) is 71.3 cm³/mol. The molecule has 1 heterocycles. The van der Waals surface area contributed by atoms with E-state index in [0.717, 1.165) is 22.1 Å². The molecule has 1 atom stereocenters. The second kappa shape index (κ2) is 5.37. The van der Waals surface area contributed by atoms with Crippen molar-refractivity contribution < 1.29 is 14.6 Å². The fourth-order valence-electron chi connectivity index (χ4n) is 1.54. The summed E-state index contributed by atoms with van der Waals surface area (Å²) in [6.07, 6.45) is -0.553. The first-order chi connectivity index (χ1) is 8.63. The number of benzene rings is 1. The third-order valence-corrected chi connectivity index (χ3v) is 3.46. The topological polar surface area (TPSA) is 51.6 Å². The molecule has 0 aliphatic rings. The number of methoxy groups -OCH3 is 2. The first kappa shape index (κ1) is 12.9. The van der Waals surface area contributed by atoms with Crippen LogP contribution in [0.3, 0.4) is 0 Å². The van der Waals surface area contributed by atoms with Crippen LogP contribution in [-0.4, -0.2) is 24.3 Å². The van der Waals surface area contributed by atoms with Crippen LogP contribution in [0.4, 0.5) is 0 Å². The molecule has 0 aliphatic carbocycles. The smallest absolute Gasteiger partial charge is 0.123 e. The molecule has 4 nitrogen and oxygen atoms in total. The Hall–Kier alpha value is -1.59. The highest BCUT2D eigenvalue weighted by Gasteiger charge is 2.10. The van der Waals surface area contributed by atoms with Crippen molar-refractivity contribution in [2.45, 2.75) is 13.0 Å². The molecule has 1 aromatic carbocycles. The Morgan fingerprint density at radius 1 is 1.17 bits per heavy atom. The lowest BCUT2D eigenvalue weighted by Gasteiger charge is -2.06. The molecule has 0 aliphatic heterocycles. The van der Waals surface area contributed by atoms with E-state index >= 15 is 0 Å². The van der Waals surface area contributed by atoms with Crippen LogP contribution in [0, 0.1) is 0 Å². The average Bonchev–Trinajstić information content (AvgIpc) is 2.87. The van der Waals surface area contributed by atoms with E-state index in [9.17, 15) is 5.11 Å². The van der Waals surface area contributed by atoms with E-state index < -0.39 is 6.10 Å². The van der Waals surface area contributed by atoms with E-state index in [2.05, 4.69) is 4.98 Å². The third-order valence-electron chi connectivity index (χ3n) is 2.55. The SMILES string of the molecule is COc1cc(OC)cc(-c2nc(C(C)O)cs2)c1. The molecule has 0 spiro atoms. The normalized spacial score (nSPS) is 12.2. The Labute approximate surface area is 110 Å². The van der Waals surface area contributed by atoms with Crippen LogP contribution < -0.4 is 9.47 Å². The van der Waals surface area contributed by atoms with Crippen molar-refractivity contribution in [1.29, 1.82) is 0 Å². The summed E-state index contributed by atoms with van der Waals surface area (Å²) in [4.78, 5) is 4.39. The van der Waals surface area contributed by atoms with Gasteiger partial charge in [-0.05, 0) is 19.1 Å². The van der Waals surface area contributed by atoms with Crippen molar-refractivity contribution in [2.75, 3.05) is 14.2 Å². The fraction of sp³-hybridized carbons (Fsp3) is 0.308. The molecule has 0 amide bonds. The van der Waals surface area contributed by atoms with E-state index in [1.165, 1.54) is 11.3 Å². The molecule has 0 radical (unpaired) electrons. The van der Waals surface area contributed by atoms with Gasteiger partial charge in [0.05, 0.1) is 26.0 Å². The lowest BCUT2D eigenvalue weighted by atomic mass is 10.2. The number of aliphatic hydroxyl groups is 1. The summed E-state index contributed by atoms with van der Waals surface area (Å²) in [6, 6.07) is 5.60. The number of thiazole rings is 1. The molecule has 96 valence electrons. The molecule has 5 heteroatoms. The molecule has 1 aromatic heterocycles. The molecule has 0 fully saturated rings. The molecule has 0 saturated heterocycles. The van der Waals surface area contributed by atoms with Gasteiger partial charge >= 0.3 is 0 Å². The van der Waals surface area contributed by atoms with Crippen LogP contribution in [-0.2, 0) is 0 Å². The minimum atomic E-state index is -0.553. The molecular formula is C13H15NO3S. The second-order valence-electron chi connectivity index (χ2n) is 3.85. The molecule has 0 saturated carbocycles. The Balaban J connectivity index is 2.42. The zero-order valence-electron chi connectivity index (χ0n) is 10.5. The lowest BCUT2D eigenvalue weighted by Crippen LogP contribution is -1.91.